The molecule has 0 aliphatic carbocycles. The molecule has 3 nitrogen and oxygen atoms in total. The third-order valence-electron chi connectivity index (χ3n) is 4.14. The van der Waals surface area contributed by atoms with Crippen molar-refractivity contribution in [2.24, 2.45) is 5.41 Å². The first kappa shape index (κ1) is 16.1. The number of ether oxygens (including phenoxy) is 1. The van der Waals surface area contributed by atoms with Gasteiger partial charge in [0.15, 0.2) is 0 Å². The molecule has 0 amide bonds. The lowest BCUT2D eigenvalue weighted by atomic mass is 9.89. The van der Waals surface area contributed by atoms with Crippen LogP contribution in [0.1, 0.15) is 18.9 Å². The molecule has 2 aliphatic rings. The van der Waals surface area contributed by atoms with Gasteiger partial charge in [-0.2, -0.15) is 0 Å². The average molecular weight is 362 g/mol. The van der Waals surface area contributed by atoms with Gasteiger partial charge in [-0.25, -0.2) is 0 Å². The van der Waals surface area contributed by atoms with Gasteiger partial charge in [-0.15, -0.1) is 12.4 Å². The van der Waals surface area contributed by atoms with Gasteiger partial charge in [0, 0.05) is 36.2 Å². The van der Waals surface area contributed by atoms with Crippen LogP contribution in [0.25, 0.3) is 0 Å². The Morgan fingerprint density at radius 3 is 3.05 bits per heavy atom. The van der Waals surface area contributed by atoms with E-state index >= 15 is 0 Å². The Labute approximate surface area is 135 Å². The summed E-state index contributed by atoms with van der Waals surface area (Å²) in [5, 5.41) is 3.48. The number of hydrogen-bond donors (Lipinski definition) is 1. The zero-order chi connectivity index (χ0) is 13.3. The fourth-order valence-electron chi connectivity index (χ4n) is 3.10. The topological polar surface area (TPSA) is 24.5 Å². The second kappa shape index (κ2) is 6.65. The highest BCUT2D eigenvalue weighted by Crippen LogP contribution is 2.30. The van der Waals surface area contributed by atoms with E-state index < -0.39 is 0 Å². The first-order chi connectivity index (χ1) is 9.15. The van der Waals surface area contributed by atoms with E-state index in [2.05, 4.69) is 51.3 Å². The lowest BCUT2D eigenvalue weighted by Gasteiger charge is -2.30. The minimum Gasteiger partial charge on any atom is -0.492 e. The molecule has 1 atom stereocenters. The number of nitrogens with zero attached hydrogens (tertiary/aromatic N) is 1. The van der Waals surface area contributed by atoms with E-state index in [1.54, 1.807) is 0 Å². The number of rotatable bonds is 2. The van der Waals surface area contributed by atoms with E-state index in [1.165, 1.54) is 12.0 Å². The maximum atomic E-state index is 5.85. The first-order valence-electron chi connectivity index (χ1n) is 6.99. The van der Waals surface area contributed by atoms with Crippen molar-refractivity contribution in [3.8, 4) is 5.75 Å². The minimum absolute atomic E-state index is 0. The largest absolute Gasteiger partial charge is 0.492 e. The summed E-state index contributed by atoms with van der Waals surface area (Å²) in [6.07, 6.45) is 1.27. The van der Waals surface area contributed by atoms with Gasteiger partial charge >= 0.3 is 0 Å². The molecule has 112 valence electrons. The minimum atomic E-state index is 0. The van der Waals surface area contributed by atoms with Gasteiger partial charge < -0.3 is 10.1 Å². The SMILES string of the molecule is CC1(CN2CCOc3ccc(Br)cc3C2)CCNC1.Cl. The Bertz CT molecular complexity index is 463. The highest BCUT2D eigenvalue weighted by Gasteiger charge is 2.31. The molecule has 1 unspecified atom stereocenters. The highest BCUT2D eigenvalue weighted by atomic mass is 79.9. The quantitative estimate of drug-likeness (QED) is 0.876. The summed E-state index contributed by atoms with van der Waals surface area (Å²) < 4.78 is 6.98. The molecule has 5 heteroatoms. The van der Waals surface area contributed by atoms with E-state index in [0.29, 0.717) is 5.41 Å². The molecule has 0 saturated carbocycles. The molecule has 2 heterocycles. The normalized spacial score (nSPS) is 26.3. The number of hydrogen-bond acceptors (Lipinski definition) is 3. The Kier molecular flexibility index (Phi) is 5.35. The van der Waals surface area contributed by atoms with Crippen molar-refractivity contribution in [1.29, 1.82) is 0 Å². The van der Waals surface area contributed by atoms with Crippen molar-refractivity contribution in [3.63, 3.8) is 0 Å². The first-order valence-corrected chi connectivity index (χ1v) is 7.78. The molecular weight excluding hydrogens is 340 g/mol. The van der Waals surface area contributed by atoms with E-state index in [4.69, 9.17) is 4.74 Å². The van der Waals surface area contributed by atoms with Crippen molar-refractivity contribution in [2.75, 3.05) is 32.8 Å². The maximum Gasteiger partial charge on any atom is 0.123 e. The molecule has 1 saturated heterocycles. The number of fused-ring (bicyclic) bond motifs is 1. The summed E-state index contributed by atoms with van der Waals surface area (Å²) in [5.41, 5.74) is 1.71. The van der Waals surface area contributed by atoms with Gasteiger partial charge in [-0.3, -0.25) is 4.90 Å². The van der Waals surface area contributed by atoms with Gasteiger partial charge in [0.2, 0.25) is 0 Å². The smallest absolute Gasteiger partial charge is 0.123 e. The number of nitrogens with one attached hydrogen (secondary N) is 1. The molecule has 3 rings (SSSR count). The van der Waals surface area contributed by atoms with E-state index in [-0.39, 0.29) is 12.4 Å². The van der Waals surface area contributed by atoms with Crippen molar-refractivity contribution in [1.82, 2.24) is 10.2 Å². The molecule has 2 aliphatic heterocycles. The average Bonchev–Trinajstić information content (AvgIpc) is 2.69. The van der Waals surface area contributed by atoms with Crippen LogP contribution in [0.4, 0.5) is 0 Å². The van der Waals surface area contributed by atoms with Crippen molar-refractivity contribution >= 4 is 28.3 Å². The molecule has 0 aromatic heterocycles. The molecule has 0 spiro atoms. The fourth-order valence-corrected chi connectivity index (χ4v) is 3.50. The van der Waals surface area contributed by atoms with Crippen LogP contribution in [0.3, 0.4) is 0 Å². The Morgan fingerprint density at radius 1 is 1.45 bits per heavy atom. The summed E-state index contributed by atoms with van der Waals surface area (Å²) in [6.45, 7) is 8.62. The summed E-state index contributed by atoms with van der Waals surface area (Å²) in [4.78, 5) is 2.53. The zero-order valence-electron chi connectivity index (χ0n) is 11.8. The van der Waals surface area contributed by atoms with Crippen LogP contribution in [0.2, 0.25) is 0 Å². The van der Waals surface area contributed by atoms with Crippen LogP contribution in [-0.2, 0) is 6.54 Å². The maximum absolute atomic E-state index is 5.85. The fraction of sp³-hybridized carbons (Fsp3) is 0.600. The molecule has 0 radical (unpaired) electrons. The summed E-state index contributed by atoms with van der Waals surface area (Å²) >= 11 is 3.55. The highest BCUT2D eigenvalue weighted by molar-refractivity contribution is 9.10. The van der Waals surface area contributed by atoms with Gasteiger partial charge in [0.05, 0.1) is 0 Å². The Hall–Kier alpha value is -0.290. The molecular formula is C15H22BrClN2O. The lowest BCUT2D eigenvalue weighted by molar-refractivity contribution is 0.158. The van der Waals surface area contributed by atoms with Gasteiger partial charge in [-0.05, 0) is 36.6 Å². The van der Waals surface area contributed by atoms with Gasteiger partial charge in [-0.1, -0.05) is 22.9 Å². The standard InChI is InChI=1S/C15H21BrN2O.ClH/c1-15(4-5-17-10-15)11-18-6-7-19-14-3-2-13(16)8-12(14)9-18;/h2-3,8,17H,4-7,9-11H2,1H3;1H. The van der Waals surface area contributed by atoms with Gasteiger partial charge in [0.25, 0.3) is 0 Å². The molecule has 1 aromatic rings. The Morgan fingerprint density at radius 2 is 2.30 bits per heavy atom. The molecule has 20 heavy (non-hydrogen) atoms. The number of halogens is 2. The van der Waals surface area contributed by atoms with E-state index in [0.717, 1.165) is 49.6 Å². The third kappa shape index (κ3) is 3.67. The summed E-state index contributed by atoms with van der Waals surface area (Å²) in [7, 11) is 0. The molecule has 0 bridgehead atoms. The zero-order valence-corrected chi connectivity index (χ0v) is 14.2. The number of benzene rings is 1. The van der Waals surface area contributed by atoms with Crippen LogP contribution in [0.15, 0.2) is 22.7 Å². The van der Waals surface area contributed by atoms with Crippen LogP contribution >= 0.6 is 28.3 Å². The lowest BCUT2D eigenvalue weighted by Crippen LogP contribution is -2.38. The Balaban J connectivity index is 0.00000147. The second-order valence-electron chi connectivity index (χ2n) is 6.05. The summed E-state index contributed by atoms with van der Waals surface area (Å²) in [6, 6.07) is 6.31. The van der Waals surface area contributed by atoms with Crippen LogP contribution in [0.5, 0.6) is 5.75 Å². The van der Waals surface area contributed by atoms with Crippen molar-refractivity contribution in [2.45, 2.75) is 19.9 Å². The van der Waals surface area contributed by atoms with Crippen LogP contribution < -0.4 is 10.1 Å². The van der Waals surface area contributed by atoms with Gasteiger partial charge in [0.1, 0.15) is 12.4 Å². The predicted octanol–water partition coefficient (Wildman–Crippen LogP) is 3.06. The van der Waals surface area contributed by atoms with Crippen LogP contribution in [-0.4, -0.2) is 37.7 Å². The third-order valence-corrected chi connectivity index (χ3v) is 4.64. The molecule has 1 aromatic carbocycles. The monoisotopic (exact) mass is 360 g/mol. The second-order valence-corrected chi connectivity index (χ2v) is 6.96. The molecule has 1 N–H and O–H groups in total. The predicted molar refractivity (Wildman–Crippen MR) is 87.8 cm³/mol. The van der Waals surface area contributed by atoms with Crippen LogP contribution in [0, 0.1) is 5.41 Å². The summed E-state index contributed by atoms with van der Waals surface area (Å²) in [5.74, 6) is 1.04. The van der Waals surface area contributed by atoms with Crippen molar-refractivity contribution < 1.29 is 4.74 Å². The van der Waals surface area contributed by atoms with E-state index in [9.17, 15) is 0 Å². The molecule has 1 fully saturated rings. The van der Waals surface area contributed by atoms with E-state index in [1.807, 2.05) is 0 Å². The van der Waals surface area contributed by atoms with Crippen molar-refractivity contribution in [3.05, 3.63) is 28.2 Å².